The van der Waals surface area contributed by atoms with Crippen LogP contribution in [0.4, 0.5) is 4.79 Å². The van der Waals surface area contributed by atoms with Crippen LogP contribution in [0, 0.1) is 0 Å². The summed E-state index contributed by atoms with van der Waals surface area (Å²) in [6.45, 7) is 6.66. The number of ether oxygens (including phenoxy) is 1. The number of piperidine rings is 1. The molecule has 0 aliphatic carbocycles. The van der Waals surface area contributed by atoms with Crippen LogP contribution in [0.15, 0.2) is 0 Å². The quantitative estimate of drug-likeness (QED) is 0.756. The molecule has 1 aliphatic rings. The van der Waals surface area contributed by atoms with Gasteiger partial charge in [-0.3, -0.25) is 4.90 Å². The Morgan fingerprint density at radius 3 is 3.00 bits per heavy atom. The van der Waals surface area contributed by atoms with E-state index in [-0.39, 0.29) is 18.2 Å². The van der Waals surface area contributed by atoms with E-state index in [1.165, 1.54) is 0 Å². The number of alkyl carbamates (subject to hydrolysis) is 1. The minimum Gasteiger partial charge on any atom is -0.450 e. The van der Waals surface area contributed by atoms with Crippen LogP contribution in [-0.4, -0.2) is 54.5 Å². The van der Waals surface area contributed by atoms with Crippen molar-refractivity contribution >= 4 is 6.09 Å². The first-order valence-corrected chi connectivity index (χ1v) is 6.49. The average molecular weight is 244 g/mol. The van der Waals surface area contributed by atoms with Gasteiger partial charge >= 0.3 is 6.09 Å². The van der Waals surface area contributed by atoms with E-state index in [1.54, 1.807) is 6.92 Å². The first-order chi connectivity index (χ1) is 8.15. The molecule has 17 heavy (non-hydrogen) atoms. The molecule has 0 radical (unpaired) electrons. The molecule has 0 aromatic rings. The summed E-state index contributed by atoms with van der Waals surface area (Å²) < 4.78 is 4.86. The van der Waals surface area contributed by atoms with E-state index in [2.05, 4.69) is 10.2 Å². The van der Waals surface area contributed by atoms with Gasteiger partial charge in [-0.15, -0.1) is 0 Å². The number of amides is 1. The van der Waals surface area contributed by atoms with E-state index in [0.29, 0.717) is 13.2 Å². The monoisotopic (exact) mass is 244 g/mol. The lowest BCUT2D eigenvalue weighted by molar-refractivity contribution is 0.0858. The topological polar surface area (TPSA) is 61.8 Å². The summed E-state index contributed by atoms with van der Waals surface area (Å²) in [5.41, 5.74) is 0. The van der Waals surface area contributed by atoms with Crippen LogP contribution >= 0.6 is 0 Å². The third-order valence-electron chi connectivity index (χ3n) is 3.04. The zero-order valence-electron chi connectivity index (χ0n) is 10.8. The lowest BCUT2D eigenvalue weighted by Crippen LogP contribution is -2.49. The van der Waals surface area contributed by atoms with Crippen LogP contribution in [0.1, 0.15) is 33.1 Å². The molecule has 1 saturated heterocycles. The Morgan fingerprint density at radius 1 is 1.59 bits per heavy atom. The molecule has 1 fully saturated rings. The summed E-state index contributed by atoms with van der Waals surface area (Å²) in [5.74, 6) is 0. The Balaban J connectivity index is 2.30. The molecule has 2 unspecified atom stereocenters. The van der Waals surface area contributed by atoms with E-state index >= 15 is 0 Å². The minimum absolute atomic E-state index is 0.145. The maximum absolute atomic E-state index is 11.3. The molecule has 5 nitrogen and oxygen atoms in total. The Labute approximate surface area is 103 Å². The summed E-state index contributed by atoms with van der Waals surface area (Å²) >= 11 is 0. The van der Waals surface area contributed by atoms with Crippen molar-refractivity contribution < 1.29 is 14.6 Å². The van der Waals surface area contributed by atoms with E-state index in [0.717, 1.165) is 32.4 Å². The van der Waals surface area contributed by atoms with E-state index in [1.807, 2.05) is 6.92 Å². The fraction of sp³-hybridized carbons (Fsp3) is 0.917. The largest absolute Gasteiger partial charge is 0.450 e. The van der Waals surface area contributed by atoms with Crippen molar-refractivity contribution in [2.45, 2.75) is 45.3 Å². The molecule has 1 heterocycles. The van der Waals surface area contributed by atoms with Crippen LogP contribution in [0.25, 0.3) is 0 Å². The van der Waals surface area contributed by atoms with Crippen molar-refractivity contribution in [2.24, 2.45) is 0 Å². The number of hydrogen-bond donors (Lipinski definition) is 2. The normalized spacial score (nSPS) is 23.1. The third kappa shape index (κ3) is 5.37. The van der Waals surface area contributed by atoms with Gasteiger partial charge in [0.15, 0.2) is 0 Å². The minimum atomic E-state index is -0.338. The van der Waals surface area contributed by atoms with Crippen LogP contribution in [0.5, 0.6) is 0 Å². The lowest BCUT2D eigenvalue weighted by Gasteiger charge is -2.33. The second-order valence-electron chi connectivity index (χ2n) is 4.53. The standard InChI is InChI=1S/C12H24N2O3/c1-3-11(15)9-14-7-5-6-10(8-14)13-12(16)17-4-2/h10-11,15H,3-9H2,1-2H3,(H,13,16). The van der Waals surface area contributed by atoms with E-state index in [4.69, 9.17) is 4.74 Å². The number of aliphatic hydroxyl groups excluding tert-OH is 1. The van der Waals surface area contributed by atoms with Crippen molar-refractivity contribution in [1.82, 2.24) is 10.2 Å². The number of aliphatic hydroxyl groups is 1. The molecule has 0 aromatic heterocycles. The van der Waals surface area contributed by atoms with Gasteiger partial charge in [0, 0.05) is 19.1 Å². The Kier molecular flexibility index (Phi) is 6.29. The number of hydrogen-bond acceptors (Lipinski definition) is 4. The van der Waals surface area contributed by atoms with Gasteiger partial charge in [0.1, 0.15) is 0 Å². The highest BCUT2D eigenvalue weighted by Gasteiger charge is 2.22. The zero-order valence-corrected chi connectivity index (χ0v) is 10.8. The maximum Gasteiger partial charge on any atom is 0.407 e. The lowest BCUT2D eigenvalue weighted by atomic mass is 10.1. The number of nitrogens with one attached hydrogen (secondary N) is 1. The molecular formula is C12H24N2O3. The molecule has 0 bridgehead atoms. The molecule has 5 heteroatoms. The molecule has 0 aromatic carbocycles. The zero-order chi connectivity index (χ0) is 12.7. The van der Waals surface area contributed by atoms with Gasteiger partial charge in [0.05, 0.1) is 12.7 Å². The highest BCUT2D eigenvalue weighted by Crippen LogP contribution is 2.11. The Bertz CT molecular complexity index is 236. The van der Waals surface area contributed by atoms with Gasteiger partial charge in [-0.1, -0.05) is 6.92 Å². The summed E-state index contributed by atoms with van der Waals surface area (Å²) in [5, 5.41) is 12.5. The molecule has 2 atom stereocenters. The number of carbonyl (C=O) groups is 1. The summed E-state index contributed by atoms with van der Waals surface area (Å²) in [6, 6.07) is 0.145. The summed E-state index contributed by atoms with van der Waals surface area (Å²) in [6.07, 6.45) is 2.20. The number of nitrogens with zero attached hydrogens (tertiary/aromatic N) is 1. The molecule has 2 N–H and O–H groups in total. The Hall–Kier alpha value is -0.810. The van der Waals surface area contributed by atoms with Crippen molar-refractivity contribution in [2.75, 3.05) is 26.2 Å². The van der Waals surface area contributed by atoms with Gasteiger partial charge in [-0.05, 0) is 32.7 Å². The molecule has 1 amide bonds. The molecular weight excluding hydrogens is 220 g/mol. The Morgan fingerprint density at radius 2 is 2.35 bits per heavy atom. The van der Waals surface area contributed by atoms with E-state index < -0.39 is 0 Å². The predicted molar refractivity (Wildman–Crippen MR) is 65.9 cm³/mol. The number of β-amino-alcohol motifs (C(OH)–C–C–N with tert-alkyl or cyclic N) is 1. The maximum atomic E-state index is 11.3. The molecule has 1 aliphatic heterocycles. The first-order valence-electron chi connectivity index (χ1n) is 6.49. The summed E-state index contributed by atoms with van der Waals surface area (Å²) in [7, 11) is 0. The predicted octanol–water partition coefficient (Wildman–Crippen LogP) is 0.968. The van der Waals surface area contributed by atoms with Crippen molar-refractivity contribution in [3.63, 3.8) is 0 Å². The fourth-order valence-electron chi connectivity index (χ4n) is 2.11. The summed E-state index contributed by atoms with van der Waals surface area (Å²) in [4.78, 5) is 13.5. The number of carbonyl (C=O) groups excluding carboxylic acids is 1. The second-order valence-corrected chi connectivity index (χ2v) is 4.53. The van der Waals surface area contributed by atoms with Crippen molar-refractivity contribution in [3.05, 3.63) is 0 Å². The van der Waals surface area contributed by atoms with Crippen molar-refractivity contribution in [3.8, 4) is 0 Å². The van der Waals surface area contributed by atoms with Crippen LogP contribution in [-0.2, 0) is 4.74 Å². The van der Waals surface area contributed by atoms with E-state index in [9.17, 15) is 9.90 Å². The highest BCUT2D eigenvalue weighted by atomic mass is 16.5. The van der Waals surface area contributed by atoms with Crippen LogP contribution in [0.3, 0.4) is 0 Å². The third-order valence-corrected chi connectivity index (χ3v) is 3.04. The number of rotatable bonds is 5. The highest BCUT2D eigenvalue weighted by molar-refractivity contribution is 5.67. The molecule has 0 spiro atoms. The smallest absolute Gasteiger partial charge is 0.407 e. The first kappa shape index (κ1) is 14.3. The average Bonchev–Trinajstić information content (AvgIpc) is 2.29. The van der Waals surface area contributed by atoms with Gasteiger partial charge in [0.2, 0.25) is 0 Å². The van der Waals surface area contributed by atoms with Gasteiger partial charge in [-0.2, -0.15) is 0 Å². The van der Waals surface area contributed by atoms with Gasteiger partial charge in [0.25, 0.3) is 0 Å². The molecule has 1 rings (SSSR count). The van der Waals surface area contributed by atoms with Crippen LogP contribution in [0.2, 0.25) is 0 Å². The molecule has 100 valence electrons. The van der Waals surface area contributed by atoms with Gasteiger partial charge < -0.3 is 15.2 Å². The molecule has 0 saturated carbocycles. The van der Waals surface area contributed by atoms with Crippen molar-refractivity contribution in [1.29, 1.82) is 0 Å². The second kappa shape index (κ2) is 7.50. The van der Waals surface area contributed by atoms with Gasteiger partial charge in [-0.25, -0.2) is 4.79 Å². The van der Waals surface area contributed by atoms with Crippen LogP contribution < -0.4 is 5.32 Å². The fourth-order valence-corrected chi connectivity index (χ4v) is 2.11. The number of likely N-dealkylation sites (tertiary alicyclic amines) is 1. The SMILES string of the molecule is CCOC(=O)NC1CCCN(CC(O)CC)C1.